The predicted molar refractivity (Wildman–Crippen MR) is 97.5 cm³/mol. The highest BCUT2D eigenvalue weighted by molar-refractivity contribution is 6.36. The topological polar surface area (TPSA) is 57.7 Å². The molecular formula is C18H19Cl2NO4. The molecule has 1 unspecified atom stereocenters. The van der Waals surface area contributed by atoms with Gasteiger partial charge in [0.15, 0.2) is 11.5 Å². The highest BCUT2D eigenvalue weighted by Crippen LogP contribution is 2.45. The van der Waals surface area contributed by atoms with E-state index in [1.165, 1.54) is 26.6 Å². The van der Waals surface area contributed by atoms with Gasteiger partial charge in [-0.05, 0) is 12.5 Å². The van der Waals surface area contributed by atoms with Crippen molar-refractivity contribution in [2.24, 2.45) is 0 Å². The summed E-state index contributed by atoms with van der Waals surface area (Å²) in [6, 6.07) is 3.46. The molecule has 0 aliphatic rings. The second-order valence-corrected chi connectivity index (χ2v) is 6.01. The molecule has 0 aliphatic heterocycles. The number of carbonyl (C=O) groups is 1. The van der Waals surface area contributed by atoms with Crippen LogP contribution in [0.3, 0.4) is 0 Å². The quantitative estimate of drug-likeness (QED) is 0.626. The standard InChI is InChI=1S/C18H19Cl2NO4/c1-4-7-25-17-11(5-6-15(23-2)18(17)24-3)12(10-22)16-13(19)8-21-9-14(16)20/h5-6,8-10,12H,4,7H2,1-3H3. The Morgan fingerprint density at radius 2 is 1.80 bits per heavy atom. The molecule has 1 heterocycles. The molecule has 0 aliphatic carbocycles. The summed E-state index contributed by atoms with van der Waals surface area (Å²) < 4.78 is 16.6. The Hall–Kier alpha value is -1.98. The molecule has 0 amide bonds. The highest BCUT2D eigenvalue weighted by Gasteiger charge is 2.27. The van der Waals surface area contributed by atoms with Gasteiger partial charge in [0.2, 0.25) is 5.75 Å². The summed E-state index contributed by atoms with van der Waals surface area (Å²) in [7, 11) is 3.05. The zero-order valence-corrected chi connectivity index (χ0v) is 15.7. The third-order valence-electron chi connectivity index (χ3n) is 3.65. The highest BCUT2D eigenvalue weighted by atomic mass is 35.5. The Balaban J connectivity index is 2.68. The molecule has 0 N–H and O–H groups in total. The number of hydrogen-bond acceptors (Lipinski definition) is 5. The predicted octanol–water partition coefficient (Wildman–Crippen LogP) is 4.53. The lowest BCUT2D eigenvalue weighted by molar-refractivity contribution is -0.108. The Bertz CT molecular complexity index is 732. The molecule has 0 spiro atoms. The summed E-state index contributed by atoms with van der Waals surface area (Å²) in [5.74, 6) is 0.634. The first-order valence-corrected chi connectivity index (χ1v) is 8.46. The minimum Gasteiger partial charge on any atom is -0.493 e. The first-order valence-electron chi connectivity index (χ1n) is 7.70. The molecule has 0 bridgehead atoms. The van der Waals surface area contributed by atoms with Crippen LogP contribution < -0.4 is 14.2 Å². The fourth-order valence-electron chi connectivity index (χ4n) is 2.53. The number of methoxy groups -OCH3 is 2. The van der Waals surface area contributed by atoms with Crippen LogP contribution in [0.5, 0.6) is 17.2 Å². The summed E-state index contributed by atoms with van der Waals surface area (Å²) in [5, 5.41) is 0.613. The van der Waals surface area contributed by atoms with Gasteiger partial charge in [0, 0.05) is 23.5 Å². The zero-order chi connectivity index (χ0) is 18.4. The van der Waals surface area contributed by atoms with Crippen LogP contribution in [0.15, 0.2) is 24.5 Å². The number of aromatic nitrogens is 1. The number of benzene rings is 1. The fourth-order valence-corrected chi connectivity index (χ4v) is 3.13. The van der Waals surface area contributed by atoms with Crippen molar-refractivity contribution in [1.29, 1.82) is 0 Å². The molecule has 5 nitrogen and oxygen atoms in total. The third-order valence-corrected chi connectivity index (χ3v) is 4.26. The van der Waals surface area contributed by atoms with E-state index < -0.39 is 5.92 Å². The second-order valence-electron chi connectivity index (χ2n) is 5.20. The average Bonchev–Trinajstić information content (AvgIpc) is 2.62. The lowest BCUT2D eigenvalue weighted by Crippen LogP contribution is -2.10. The van der Waals surface area contributed by atoms with Crippen molar-refractivity contribution in [1.82, 2.24) is 4.98 Å². The van der Waals surface area contributed by atoms with Gasteiger partial charge in [0.05, 0.1) is 36.8 Å². The van der Waals surface area contributed by atoms with Gasteiger partial charge in [-0.25, -0.2) is 0 Å². The van der Waals surface area contributed by atoms with Gasteiger partial charge in [0.1, 0.15) is 6.29 Å². The van der Waals surface area contributed by atoms with Crippen molar-refractivity contribution < 1.29 is 19.0 Å². The molecule has 1 aromatic carbocycles. The van der Waals surface area contributed by atoms with Crippen LogP contribution in [0.1, 0.15) is 30.4 Å². The van der Waals surface area contributed by atoms with Crippen LogP contribution in [-0.2, 0) is 4.79 Å². The normalized spacial score (nSPS) is 11.7. The van der Waals surface area contributed by atoms with Crippen LogP contribution in [0.4, 0.5) is 0 Å². The molecule has 0 fully saturated rings. The molecule has 0 saturated heterocycles. The van der Waals surface area contributed by atoms with Crippen LogP contribution in [0.2, 0.25) is 10.0 Å². The van der Waals surface area contributed by atoms with E-state index in [1.807, 2.05) is 6.92 Å². The van der Waals surface area contributed by atoms with Crippen LogP contribution in [0.25, 0.3) is 0 Å². The van der Waals surface area contributed by atoms with Gasteiger partial charge in [-0.3, -0.25) is 4.98 Å². The lowest BCUT2D eigenvalue weighted by atomic mass is 9.92. The summed E-state index contributed by atoms with van der Waals surface area (Å²) >= 11 is 12.5. The maximum Gasteiger partial charge on any atom is 0.203 e. The third kappa shape index (κ3) is 3.99. The average molecular weight is 384 g/mol. The van der Waals surface area contributed by atoms with Gasteiger partial charge >= 0.3 is 0 Å². The Morgan fingerprint density at radius 3 is 2.32 bits per heavy atom. The molecule has 0 saturated carbocycles. The molecule has 2 aromatic rings. The van der Waals surface area contributed by atoms with Crippen molar-refractivity contribution in [3.05, 3.63) is 45.7 Å². The van der Waals surface area contributed by atoms with E-state index in [-0.39, 0.29) is 0 Å². The van der Waals surface area contributed by atoms with Crippen molar-refractivity contribution >= 4 is 29.5 Å². The maximum absolute atomic E-state index is 11.9. The monoisotopic (exact) mass is 383 g/mol. The van der Waals surface area contributed by atoms with Crippen molar-refractivity contribution in [3.8, 4) is 17.2 Å². The Kier molecular flexibility index (Phi) is 6.91. The first-order chi connectivity index (χ1) is 12.1. The summed E-state index contributed by atoms with van der Waals surface area (Å²) in [6.07, 6.45) is 4.47. The first kappa shape index (κ1) is 19.3. The molecule has 25 heavy (non-hydrogen) atoms. The van der Waals surface area contributed by atoms with Crippen LogP contribution in [0, 0.1) is 0 Å². The molecule has 0 radical (unpaired) electrons. The maximum atomic E-state index is 11.9. The van der Waals surface area contributed by atoms with E-state index in [0.717, 1.165) is 12.7 Å². The largest absolute Gasteiger partial charge is 0.493 e. The number of rotatable bonds is 8. The number of hydrogen-bond donors (Lipinski definition) is 0. The van der Waals surface area contributed by atoms with E-state index in [1.54, 1.807) is 12.1 Å². The zero-order valence-electron chi connectivity index (χ0n) is 14.2. The van der Waals surface area contributed by atoms with Gasteiger partial charge in [0.25, 0.3) is 0 Å². The van der Waals surface area contributed by atoms with E-state index in [4.69, 9.17) is 37.4 Å². The van der Waals surface area contributed by atoms with E-state index >= 15 is 0 Å². The van der Waals surface area contributed by atoms with Crippen molar-refractivity contribution in [3.63, 3.8) is 0 Å². The number of pyridine rings is 1. The SMILES string of the molecule is CCCOc1c(C(C=O)c2c(Cl)cncc2Cl)ccc(OC)c1OC. The van der Waals surface area contributed by atoms with Crippen molar-refractivity contribution in [2.45, 2.75) is 19.3 Å². The van der Waals surface area contributed by atoms with Gasteiger partial charge in [-0.2, -0.15) is 0 Å². The van der Waals surface area contributed by atoms with Gasteiger partial charge < -0.3 is 19.0 Å². The molecule has 134 valence electrons. The van der Waals surface area contributed by atoms with Crippen molar-refractivity contribution in [2.75, 3.05) is 20.8 Å². The minimum atomic E-state index is -0.727. The van der Waals surface area contributed by atoms with Crippen LogP contribution >= 0.6 is 23.2 Å². The number of aldehydes is 1. The number of ether oxygens (including phenoxy) is 3. The van der Waals surface area contributed by atoms with E-state index in [9.17, 15) is 4.79 Å². The van der Waals surface area contributed by atoms with Gasteiger partial charge in [-0.1, -0.05) is 36.2 Å². The number of halogens is 2. The van der Waals surface area contributed by atoms with Crippen LogP contribution in [-0.4, -0.2) is 32.1 Å². The summed E-state index contributed by atoms with van der Waals surface area (Å²) in [5.41, 5.74) is 1.07. The van der Waals surface area contributed by atoms with Gasteiger partial charge in [-0.15, -0.1) is 0 Å². The van der Waals surface area contributed by atoms with E-state index in [2.05, 4.69) is 4.98 Å². The Morgan fingerprint density at radius 1 is 1.12 bits per heavy atom. The second kappa shape index (κ2) is 8.92. The molecule has 2 rings (SSSR count). The molecule has 1 aromatic heterocycles. The number of nitrogens with zero attached hydrogens (tertiary/aromatic N) is 1. The smallest absolute Gasteiger partial charge is 0.203 e. The lowest BCUT2D eigenvalue weighted by Gasteiger charge is -2.21. The summed E-state index contributed by atoms with van der Waals surface area (Å²) in [6.45, 7) is 2.44. The van der Waals surface area contributed by atoms with E-state index in [0.29, 0.717) is 45.0 Å². The molecular weight excluding hydrogens is 365 g/mol. The molecule has 1 atom stereocenters. The summed E-state index contributed by atoms with van der Waals surface area (Å²) in [4.78, 5) is 15.9. The number of carbonyl (C=O) groups excluding carboxylic acids is 1. The fraction of sp³-hybridized carbons (Fsp3) is 0.333. The Labute approximate surface area is 156 Å². The molecule has 7 heteroatoms. The minimum absolute atomic E-state index is 0.306.